The lowest BCUT2D eigenvalue weighted by atomic mass is 10.0. The van der Waals surface area contributed by atoms with Gasteiger partial charge in [0.1, 0.15) is 6.04 Å². The van der Waals surface area contributed by atoms with E-state index in [-0.39, 0.29) is 11.5 Å². The Hall–Kier alpha value is -3.93. The molecule has 3 N–H and O–H groups in total. The fourth-order valence-electron chi connectivity index (χ4n) is 2.69. The summed E-state index contributed by atoms with van der Waals surface area (Å²) in [5, 5.41) is 16.9. The molecule has 0 radical (unpaired) electrons. The number of hydrogen-bond acceptors (Lipinski definition) is 5. The number of pyridine rings is 1. The highest BCUT2D eigenvalue weighted by atomic mass is 16.2. The number of benzene rings is 1. The second-order valence-electron chi connectivity index (χ2n) is 7.05. The average molecular weight is 408 g/mol. The number of carbonyl (C=O) groups excluding carboxylic acids is 3. The van der Waals surface area contributed by atoms with Crippen LogP contribution in [0.3, 0.4) is 0 Å². The number of rotatable bonds is 7. The number of amides is 4. The molecule has 0 bridgehead atoms. The Labute approximate surface area is 175 Å². The first kappa shape index (κ1) is 22.4. The molecule has 1 atom stereocenters. The predicted octanol–water partition coefficient (Wildman–Crippen LogP) is 2.81. The van der Waals surface area contributed by atoms with E-state index in [1.165, 1.54) is 19.3 Å². The summed E-state index contributed by atoms with van der Waals surface area (Å²) < 4.78 is 0. The zero-order valence-electron chi connectivity index (χ0n) is 17.0. The number of urea groups is 1. The predicted molar refractivity (Wildman–Crippen MR) is 112 cm³/mol. The zero-order valence-corrected chi connectivity index (χ0v) is 17.0. The van der Waals surface area contributed by atoms with Gasteiger partial charge in [0.2, 0.25) is 0 Å². The molecule has 0 aliphatic rings. The van der Waals surface area contributed by atoms with Crippen molar-refractivity contribution < 1.29 is 14.4 Å². The normalized spacial score (nSPS) is 11.2. The molecule has 0 saturated heterocycles. The monoisotopic (exact) mass is 408 g/mol. The fraction of sp³-hybridized carbons (Fsp3) is 0.286. The van der Waals surface area contributed by atoms with Crippen molar-refractivity contribution in [3.05, 3.63) is 54.4 Å². The van der Waals surface area contributed by atoms with Gasteiger partial charge in [0.15, 0.2) is 6.19 Å². The van der Waals surface area contributed by atoms with E-state index in [4.69, 9.17) is 5.26 Å². The highest BCUT2D eigenvalue weighted by Crippen LogP contribution is 2.14. The molecule has 0 spiro atoms. The fourth-order valence-corrected chi connectivity index (χ4v) is 2.69. The van der Waals surface area contributed by atoms with E-state index in [0.717, 1.165) is 4.90 Å². The van der Waals surface area contributed by atoms with Gasteiger partial charge in [-0.25, -0.2) is 4.79 Å². The third-order valence-corrected chi connectivity index (χ3v) is 4.09. The number of likely N-dealkylation sites (N-methyl/N-ethyl adjacent to an activating group) is 1. The van der Waals surface area contributed by atoms with Gasteiger partial charge in [-0.05, 0) is 42.7 Å². The number of nitrogens with one attached hydrogen (secondary N) is 3. The Kier molecular flexibility index (Phi) is 7.88. The highest BCUT2D eigenvalue weighted by molar-refractivity contribution is 6.02. The molecule has 4 amide bonds. The van der Waals surface area contributed by atoms with Crippen molar-refractivity contribution in [3.63, 3.8) is 0 Å². The first-order chi connectivity index (χ1) is 14.3. The topological polar surface area (TPSA) is 127 Å². The van der Waals surface area contributed by atoms with Crippen LogP contribution < -0.4 is 16.0 Å². The molecule has 9 heteroatoms. The Morgan fingerprint density at radius 3 is 2.47 bits per heavy atom. The number of hydrogen-bond donors (Lipinski definition) is 3. The van der Waals surface area contributed by atoms with E-state index in [0.29, 0.717) is 17.8 Å². The van der Waals surface area contributed by atoms with Crippen molar-refractivity contribution in [2.24, 2.45) is 5.92 Å². The molecule has 1 aromatic heterocycles. The van der Waals surface area contributed by atoms with Gasteiger partial charge in [-0.15, -0.1) is 0 Å². The van der Waals surface area contributed by atoms with Crippen molar-refractivity contribution in [1.29, 1.82) is 5.26 Å². The SMILES string of the molecule is CC(C)CC(NC(=O)c1cccc(NC(=O)Nc2cccnc2)c1)C(=O)N(C)C#N. The minimum atomic E-state index is -0.826. The van der Waals surface area contributed by atoms with Crippen LogP contribution in [-0.2, 0) is 4.79 Å². The summed E-state index contributed by atoms with van der Waals surface area (Å²) in [7, 11) is 1.35. The standard InChI is InChI=1S/C21H24N6O3/c1-14(2)10-18(20(29)27(3)13-22)26-19(28)15-6-4-7-16(11-15)24-21(30)25-17-8-5-9-23-12-17/h4-9,11-12,14,18H,10H2,1-3H3,(H,26,28)(H2,24,25,30). The van der Waals surface area contributed by atoms with Crippen molar-refractivity contribution in [1.82, 2.24) is 15.2 Å². The summed E-state index contributed by atoms with van der Waals surface area (Å²) in [5.41, 5.74) is 1.21. The molecule has 2 rings (SSSR count). The minimum Gasteiger partial charge on any atom is -0.340 e. The van der Waals surface area contributed by atoms with E-state index >= 15 is 0 Å². The molecular formula is C21H24N6O3. The largest absolute Gasteiger partial charge is 0.340 e. The van der Waals surface area contributed by atoms with Crippen molar-refractivity contribution in [3.8, 4) is 6.19 Å². The molecule has 1 heterocycles. The molecule has 0 saturated carbocycles. The number of nitrogens with zero attached hydrogens (tertiary/aromatic N) is 3. The molecule has 9 nitrogen and oxygen atoms in total. The second kappa shape index (κ2) is 10.6. The summed E-state index contributed by atoms with van der Waals surface area (Å²) in [6.07, 6.45) is 5.25. The van der Waals surface area contributed by atoms with Gasteiger partial charge in [0.05, 0.1) is 11.9 Å². The van der Waals surface area contributed by atoms with Crippen LogP contribution in [0.5, 0.6) is 0 Å². The maximum Gasteiger partial charge on any atom is 0.323 e. The first-order valence-corrected chi connectivity index (χ1v) is 9.36. The third kappa shape index (κ3) is 6.60. The molecule has 156 valence electrons. The maximum atomic E-state index is 12.7. The van der Waals surface area contributed by atoms with Crippen LogP contribution in [0.1, 0.15) is 30.6 Å². The summed E-state index contributed by atoms with van der Waals surface area (Å²) >= 11 is 0. The van der Waals surface area contributed by atoms with Gasteiger partial charge >= 0.3 is 6.03 Å². The zero-order chi connectivity index (χ0) is 22.1. The average Bonchev–Trinajstić information content (AvgIpc) is 2.72. The number of nitriles is 1. The van der Waals surface area contributed by atoms with Crippen LogP contribution in [0.2, 0.25) is 0 Å². The minimum absolute atomic E-state index is 0.135. The van der Waals surface area contributed by atoms with Gasteiger partial charge in [0.25, 0.3) is 11.8 Å². The number of aromatic nitrogens is 1. The molecule has 1 aromatic carbocycles. The van der Waals surface area contributed by atoms with Gasteiger partial charge in [-0.1, -0.05) is 19.9 Å². The molecule has 0 aliphatic heterocycles. The third-order valence-electron chi connectivity index (χ3n) is 4.09. The van der Waals surface area contributed by atoms with Gasteiger partial charge in [-0.2, -0.15) is 5.26 Å². The van der Waals surface area contributed by atoms with Crippen LogP contribution in [0, 0.1) is 17.4 Å². The molecular weight excluding hydrogens is 384 g/mol. The van der Waals surface area contributed by atoms with E-state index in [1.807, 2.05) is 13.8 Å². The smallest absolute Gasteiger partial charge is 0.323 e. The van der Waals surface area contributed by atoms with E-state index in [1.54, 1.807) is 42.7 Å². The Morgan fingerprint density at radius 1 is 1.13 bits per heavy atom. The van der Waals surface area contributed by atoms with Gasteiger partial charge in [0, 0.05) is 24.5 Å². The number of carbonyl (C=O) groups is 3. The van der Waals surface area contributed by atoms with E-state index < -0.39 is 23.9 Å². The Bertz CT molecular complexity index is 939. The molecule has 1 unspecified atom stereocenters. The summed E-state index contributed by atoms with van der Waals surface area (Å²) in [6.45, 7) is 3.84. The van der Waals surface area contributed by atoms with Gasteiger partial charge in [-0.3, -0.25) is 19.5 Å². The lowest BCUT2D eigenvalue weighted by Gasteiger charge is -2.21. The molecule has 2 aromatic rings. The molecule has 0 aliphatic carbocycles. The van der Waals surface area contributed by atoms with Gasteiger partial charge < -0.3 is 16.0 Å². The first-order valence-electron chi connectivity index (χ1n) is 9.36. The van der Waals surface area contributed by atoms with Crippen LogP contribution in [-0.4, -0.2) is 40.8 Å². The van der Waals surface area contributed by atoms with Crippen LogP contribution >= 0.6 is 0 Å². The summed E-state index contributed by atoms with van der Waals surface area (Å²) in [4.78, 5) is 42.0. The maximum absolute atomic E-state index is 12.7. The Balaban J connectivity index is 2.07. The van der Waals surface area contributed by atoms with Crippen LogP contribution in [0.25, 0.3) is 0 Å². The van der Waals surface area contributed by atoms with E-state index in [2.05, 4.69) is 20.9 Å². The number of anilines is 2. The Morgan fingerprint density at radius 2 is 1.83 bits per heavy atom. The molecule has 0 fully saturated rings. The molecule has 30 heavy (non-hydrogen) atoms. The second-order valence-corrected chi connectivity index (χ2v) is 7.05. The van der Waals surface area contributed by atoms with Crippen LogP contribution in [0.15, 0.2) is 48.8 Å². The van der Waals surface area contributed by atoms with Crippen molar-refractivity contribution in [2.75, 3.05) is 17.7 Å². The van der Waals surface area contributed by atoms with Crippen molar-refractivity contribution in [2.45, 2.75) is 26.3 Å². The lowest BCUT2D eigenvalue weighted by molar-refractivity contribution is -0.129. The summed E-state index contributed by atoms with van der Waals surface area (Å²) in [6, 6.07) is 8.42. The van der Waals surface area contributed by atoms with Crippen LogP contribution in [0.4, 0.5) is 16.2 Å². The summed E-state index contributed by atoms with van der Waals surface area (Å²) in [5.74, 6) is -0.822. The van der Waals surface area contributed by atoms with Crippen molar-refractivity contribution >= 4 is 29.2 Å². The van der Waals surface area contributed by atoms with E-state index in [9.17, 15) is 14.4 Å². The lowest BCUT2D eigenvalue weighted by Crippen LogP contribution is -2.46. The quantitative estimate of drug-likeness (QED) is 0.479. The highest BCUT2D eigenvalue weighted by Gasteiger charge is 2.25.